The summed E-state index contributed by atoms with van der Waals surface area (Å²) >= 11 is 2.18. The lowest BCUT2D eigenvalue weighted by atomic mass is 10.2. The quantitative estimate of drug-likeness (QED) is 0.462. The van der Waals surface area contributed by atoms with Crippen LogP contribution in [0.4, 0.5) is 5.69 Å². The highest BCUT2D eigenvalue weighted by Gasteiger charge is 2.10. The second-order valence-electron chi connectivity index (χ2n) is 3.05. The van der Waals surface area contributed by atoms with Gasteiger partial charge in [-0.25, -0.2) is 0 Å². The highest BCUT2D eigenvalue weighted by Crippen LogP contribution is 2.26. The zero-order chi connectivity index (χ0) is 10.3. The number of fused-ring (bicyclic) bond motifs is 1. The fourth-order valence-corrected chi connectivity index (χ4v) is 2.30. The summed E-state index contributed by atoms with van der Waals surface area (Å²) in [6.07, 6.45) is 1.95. The third kappa shape index (κ3) is 1.37. The summed E-state index contributed by atoms with van der Waals surface area (Å²) < 4.78 is 2.99. The first-order chi connectivity index (χ1) is 6.59. The molecule has 14 heavy (non-hydrogen) atoms. The number of benzene rings is 1. The molecule has 0 aliphatic heterocycles. The van der Waals surface area contributed by atoms with Gasteiger partial charge >= 0.3 is 0 Å². The molecule has 0 amide bonds. The third-order valence-electron chi connectivity index (χ3n) is 2.14. The highest BCUT2D eigenvalue weighted by atomic mass is 127. The van der Waals surface area contributed by atoms with Gasteiger partial charge in [0.15, 0.2) is 0 Å². The number of rotatable bonds is 1. The minimum absolute atomic E-state index is 0.140. The van der Waals surface area contributed by atoms with E-state index in [9.17, 15) is 10.1 Å². The second-order valence-corrected chi connectivity index (χ2v) is 4.21. The smallest absolute Gasteiger partial charge is 0.270 e. The maximum Gasteiger partial charge on any atom is 0.270 e. The number of nitro groups is 1. The Labute approximate surface area is 93.8 Å². The molecule has 1 aromatic carbocycles. The van der Waals surface area contributed by atoms with Crippen molar-refractivity contribution >= 4 is 39.2 Å². The molecule has 5 heteroatoms. The lowest BCUT2D eigenvalue weighted by Gasteiger charge is -1.95. The van der Waals surface area contributed by atoms with Gasteiger partial charge in [-0.1, -0.05) is 0 Å². The lowest BCUT2D eigenvalue weighted by molar-refractivity contribution is -0.384. The molecule has 0 unspecified atom stereocenters. The van der Waals surface area contributed by atoms with E-state index in [-0.39, 0.29) is 10.6 Å². The van der Waals surface area contributed by atoms with Crippen LogP contribution in [-0.2, 0) is 7.05 Å². The summed E-state index contributed by atoms with van der Waals surface area (Å²) in [7, 11) is 1.93. The van der Waals surface area contributed by atoms with Crippen LogP contribution in [0.3, 0.4) is 0 Å². The Balaban J connectivity index is 2.77. The van der Waals surface area contributed by atoms with Crippen LogP contribution in [0, 0.1) is 13.7 Å². The topological polar surface area (TPSA) is 48.1 Å². The van der Waals surface area contributed by atoms with Crippen molar-refractivity contribution in [3.8, 4) is 0 Å². The van der Waals surface area contributed by atoms with Crippen molar-refractivity contribution in [3.63, 3.8) is 0 Å². The predicted octanol–water partition coefficient (Wildman–Crippen LogP) is 2.69. The van der Waals surface area contributed by atoms with Crippen LogP contribution in [0.25, 0.3) is 10.9 Å². The number of aromatic nitrogens is 1. The van der Waals surface area contributed by atoms with Gasteiger partial charge in [0.25, 0.3) is 5.69 Å². The molecule has 0 bridgehead atoms. The molecule has 2 rings (SSSR count). The van der Waals surface area contributed by atoms with Gasteiger partial charge in [0.2, 0.25) is 0 Å². The number of aryl methyl sites for hydroxylation is 1. The molecule has 0 atom stereocenters. The number of nitrogens with zero attached hydrogens (tertiary/aromatic N) is 2. The van der Waals surface area contributed by atoms with Crippen LogP contribution in [0.15, 0.2) is 24.4 Å². The second kappa shape index (κ2) is 3.23. The maximum atomic E-state index is 10.6. The van der Waals surface area contributed by atoms with Crippen molar-refractivity contribution in [2.75, 3.05) is 0 Å². The van der Waals surface area contributed by atoms with Crippen molar-refractivity contribution in [1.82, 2.24) is 4.57 Å². The van der Waals surface area contributed by atoms with Gasteiger partial charge in [0.1, 0.15) is 0 Å². The SMILES string of the molecule is Cn1cc(I)c2cc([N+](=O)[O-])ccc21. The Hall–Kier alpha value is -1.11. The molecule has 2 aromatic rings. The minimum Gasteiger partial charge on any atom is -0.349 e. The van der Waals surface area contributed by atoms with E-state index in [4.69, 9.17) is 0 Å². The normalized spacial score (nSPS) is 10.7. The van der Waals surface area contributed by atoms with Crippen molar-refractivity contribution in [2.24, 2.45) is 7.05 Å². The van der Waals surface area contributed by atoms with Crippen LogP contribution in [-0.4, -0.2) is 9.49 Å². The average molecular weight is 302 g/mol. The molecule has 4 nitrogen and oxygen atoms in total. The maximum absolute atomic E-state index is 10.6. The Morgan fingerprint density at radius 2 is 2.21 bits per heavy atom. The molecule has 72 valence electrons. The van der Waals surface area contributed by atoms with Crippen LogP contribution in [0.1, 0.15) is 0 Å². The number of hydrogen-bond acceptors (Lipinski definition) is 2. The van der Waals surface area contributed by atoms with Gasteiger partial charge in [-0.2, -0.15) is 0 Å². The van der Waals surface area contributed by atoms with Crippen molar-refractivity contribution in [2.45, 2.75) is 0 Å². The molecule has 0 N–H and O–H groups in total. The molecular formula is C9H7IN2O2. The van der Waals surface area contributed by atoms with Crippen molar-refractivity contribution < 1.29 is 4.92 Å². The van der Waals surface area contributed by atoms with Crippen molar-refractivity contribution in [3.05, 3.63) is 38.1 Å². The molecule has 0 saturated heterocycles. The van der Waals surface area contributed by atoms with Crippen LogP contribution in [0.5, 0.6) is 0 Å². The molecule has 1 aromatic heterocycles. The number of nitro benzene ring substituents is 1. The van der Waals surface area contributed by atoms with Crippen LogP contribution in [0.2, 0.25) is 0 Å². The zero-order valence-electron chi connectivity index (χ0n) is 7.40. The van der Waals surface area contributed by atoms with E-state index in [1.54, 1.807) is 12.1 Å². The van der Waals surface area contributed by atoms with Crippen LogP contribution < -0.4 is 0 Å². The van der Waals surface area contributed by atoms with Gasteiger partial charge in [-0.05, 0) is 28.7 Å². The summed E-state index contributed by atoms with van der Waals surface area (Å²) in [6, 6.07) is 4.91. The van der Waals surface area contributed by atoms with Gasteiger partial charge in [-0.15, -0.1) is 0 Å². The van der Waals surface area contributed by atoms with Gasteiger partial charge in [-0.3, -0.25) is 10.1 Å². The molecule has 0 saturated carbocycles. The Morgan fingerprint density at radius 1 is 1.50 bits per heavy atom. The van der Waals surface area contributed by atoms with E-state index >= 15 is 0 Å². The van der Waals surface area contributed by atoms with E-state index in [0.717, 1.165) is 14.5 Å². The van der Waals surface area contributed by atoms with Gasteiger partial charge < -0.3 is 4.57 Å². The zero-order valence-corrected chi connectivity index (χ0v) is 9.56. The molecular weight excluding hydrogens is 295 g/mol. The largest absolute Gasteiger partial charge is 0.349 e. The van der Waals surface area contributed by atoms with E-state index in [1.807, 2.05) is 17.8 Å². The van der Waals surface area contributed by atoms with E-state index in [1.165, 1.54) is 6.07 Å². The predicted molar refractivity (Wildman–Crippen MR) is 62.3 cm³/mol. The fraction of sp³-hybridized carbons (Fsp3) is 0.111. The molecule has 0 radical (unpaired) electrons. The van der Waals surface area contributed by atoms with E-state index < -0.39 is 0 Å². The first-order valence-corrected chi connectivity index (χ1v) is 5.06. The van der Waals surface area contributed by atoms with Crippen molar-refractivity contribution in [1.29, 1.82) is 0 Å². The molecule has 0 aliphatic rings. The monoisotopic (exact) mass is 302 g/mol. The van der Waals surface area contributed by atoms with Gasteiger partial charge in [0, 0.05) is 39.9 Å². The van der Waals surface area contributed by atoms with E-state index in [2.05, 4.69) is 22.6 Å². The number of hydrogen-bond donors (Lipinski definition) is 0. The van der Waals surface area contributed by atoms with Crippen LogP contribution >= 0.6 is 22.6 Å². The van der Waals surface area contributed by atoms with Gasteiger partial charge in [0.05, 0.1) is 4.92 Å². The Bertz CT molecular complexity index is 519. The summed E-state index contributed by atoms with van der Waals surface area (Å²) in [5.74, 6) is 0. The standard InChI is InChI=1S/C9H7IN2O2/c1-11-5-8(10)7-4-6(12(13)14)2-3-9(7)11/h2-5H,1H3. The fourth-order valence-electron chi connectivity index (χ4n) is 1.45. The van der Waals surface area contributed by atoms with E-state index in [0.29, 0.717) is 0 Å². The summed E-state index contributed by atoms with van der Waals surface area (Å²) in [5, 5.41) is 11.5. The first-order valence-electron chi connectivity index (χ1n) is 3.98. The molecule has 0 fully saturated rings. The highest BCUT2D eigenvalue weighted by molar-refractivity contribution is 14.1. The average Bonchev–Trinajstić information content (AvgIpc) is 2.42. The number of halogens is 1. The molecule has 0 spiro atoms. The summed E-state index contributed by atoms with van der Waals surface area (Å²) in [5.41, 5.74) is 1.15. The Morgan fingerprint density at radius 3 is 2.86 bits per heavy atom. The molecule has 1 heterocycles. The minimum atomic E-state index is -0.373. The molecule has 0 aliphatic carbocycles. The summed E-state index contributed by atoms with van der Waals surface area (Å²) in [4.78, 5) is 10.2. The first kappa shape index (κ1) is 9.45. The third-order valence-corrected chi connectivity index (χ3v) is 2.99. The number of non-ortho nitro benzene ring substituents is 1. The lowest BCUT2D eigenvalue weighted by Crippen LogP contribution is -1.88. The Kier molecular flexibility index (Phi) is 2.18. The summed E-state index contributed by atoms with van der Waals surface area (Å²) in [6.45, 7) is 0.